The van der Waals surface area contributed by atoms with E-state index in [1.165, 1.54) is 11.3 Å². The van der Waals surface area contributed by atoms with Crippen LogP contribution in [0.3, 0.4) is 0 Å². The Bertz CT molecular complexity index is 1230. The summed E-state index contributed by atoms with van der Waals surface area (Å²) in [7, 11) is -3.49. The molecule has 1 aromatic heterocycles. The van der Waals surface area contributed by atoms with Crippen LogP contribution in [0.25, 0.3) is 0 Å². The molecule has 0 saturated carbocycles. The van der Waals surface area contributed by atoms with Gasteiger partial charge in [-0.25, -0.2) is 8.42 Å². The molecule has 3 amide bonds. The van der Waals surface area contributed by atoms with Gasteiger partial charge >= 0.3 is 0 Å². The Morgan fingerprint density at radius 1 is 1.24 bits per heavy atom. The number of anilines is 2. The number of aryl methyl sites for hydroxylation is 1. The first kappa shape index (κ1) is 23.9. The van der Waals surface area contributed by atoms with Crippen LogP contribution in [0.1, 0.15) is 21.7 Å². The van der Waals surface area contributed by atoms with Gasteiger partial charge in [-0.1, -0.05) is 0 Å². The van der Waals surface area contributed by atoms with Crippen LogP contribution in [0.4, 0.5) is 11.4 Å². The Morgan fingerprint density at radius 2 is 2.03 bits per heavy atom. The van der Waals surface area contributed by atoms with Crippen LogP contribution in [0, 0.1) is 6.92 Å². The van der Waals surface area contributed by atoms with Crippen LogP contribution >= 0.6 is 27.3 Å². The zero-order chi connectivity index (χ0) is 23.8. The summed E-state index contributed by atoms with van der Waals surface area (Å²) in [4.78, 5) is 40.2. The quantitative estimate of drug-likeness (QED) is 0.582. The molecule has 12 heteroatoms. The summed E-state index contributed by atoms with van der Waals surface area (Å²) in [5, 5.41) is 5.43. The van der Waals surface area contributed by atoms with E-state index in [9.17, 15) is 22.8 Å². The predicted octanol–water partition coefficient (Wildman–Crippen LogP) is 2.11. The molecular weight excluding hydrogens is 534 g/mol. The van der Waals surface area contributed by atoms with Crippen molar-refractivity contribution in [2.45, 2.75) is 18.9 Å². The summed E-state index contributed by atoms with van der Waals surface area (Å²) in [5.74, 6) is -1.90. The van der Waals surface area contributed by atoms with Crippen molar-refractivity contribution >= 4 is 66.2 Å². The Hall–Kier alpha value is -2.28. The van der Waals surface area contributed by atoms with Gasteiger partial charge in [-0.3, -0.25) is 14.4 Å². The maximum atomic E-state index is 13.3. The first-order chi connectivity index (χ1) is 15.6. The number of hydrogen-bond donors (Lipinski definition) is 2. The monoisotopic (exact) mass is 555 g/mol. The number of sulfone groups is 1. The lowest BCUT2D eigenvalue weighted by molar-refractivity contribution is -0.125. The molecule has 2 aliphatic rings. The minimum absolute atomic E-state index is 0.0151. The molecule has 0 radical (unpaired) electrons. The predicted molar refractivity (Wildman–Crippen MR) is 128 cm³/mol. The maximum absolute atomic E-state index is 13.3. The number of nitrogens with zero attached hydrogens (tertiary/aromatic N) is 1. The Balaban J connectivity index is 1.55. The van der Waals surface area contributed by atoms with Crippen molar-refractivity contribution in [3.05, 3.63) is 44.6 Å². The minimum atomic E-state index is -3.49. The maximum Gasteiger partial charge on any atom is 0.262 e. The number of hydrogen-bond acceptors (Lipinski definition) is 7. The molecule has 1 aromatic carbocycles. The second kappa shape index (κ2) is 9.16. The molecule has 1 atom stereocenters. The fraction of sp³-hybridized carbons (Fsp3) is 0.381. The third-order valence-electron chi connectivity index (χ3n) is 5.62. The number of carbonyl (C=O) groups is 3. The van der Waals surface area contributed by atoms with Gasteiger partial charge in [0.05, 0.1) is 26.8 Å². The van der Waals surface area contributed by atoms with Gasteiger partial charge in [0.15, 0.2) is 9.84 Å². The third-order valence-corrected chi connectivity index (χ3v) is 9.00. The lowest BCUT2D eigenvalue weighted by Crippen LogP contribution is -2.57. The molecule has 0 aliphatic carbocycles. The molecule has 0 spiro atoms. The second-order valence-electron chi connectivity index (χ2n) is 8.04. The smallest absolute Gasteiger partial charge is 0.262 e. The van der Waals surface area contributed by atoms with Gasteiger partial charge in [-0.05, 0) is 65.2 Å². The normalized spacial score (nSPS) is 22.2. The van der Waals surface area contributed by atoms with E-state index in [0.717, 1.165) is 15.0 Å². The van der Waals surface area contributed by atoms with Crippen molar-refractivity contribution in [3.8, 4) is 0 Å². The Morgan fingerprint density at radius 3 is 2.64 bits per heavy atom. The molecule has 2 saturated heterocycles. The zero-order valence-corrected chi connectivity index (χ0v) is 20.9. The Kier molecular flexibility index (Phi) is 6.63. The van der Waals surface area contributed by atoms with Gasteiger partial charge in [0.1, 0.15) is 12.1 Å². The van der Waals surface area contributed by atoms with E-state index in [4.69, 9.17) is 4.74 Å². The topological polar surface area (TPSA) is 122 Å². The van der Waals surface area contributed by atoms with Crippen molar-refractivity contribution in [1.29, 1.82) is 0 Å². The molecule has 2 N–H and O–H groups in total. The SMILES string of the molecule is Cc1cc(NC(=O)C2(NC(=O)c3ccc(Br)s3)CCS(=O)(=O)C2)ccc1N1CCOCC1=O. The van der Waals surface area contributed by atoms with Gasteiger partial charge < -0.3 is 20.3 Å². The summed E-state index contributed by atoms with van der Waals surface area (Å²) in [6, 6.07) is 8.41. The van der Waals surface area contributed by atoms with E-state index < -0.39 is 32.9 Å². The highest BCUT2D eigenvalue weighted by Gasteiger charge is 2.49. The highest BCUT2D eigenvalue weighted by atomic mass is 79.9. The van der Waals surface area contributed by atoms with Gasteiger partial charge in [0.2, 0.25) is 0 Å². The molecule has 3 heterocycles. The summed E-state index contributed by atoms with van der Waals surface area (Å²) < 4.78 is 30.4. The molecule has 0 bridgehead atoms. The first-order valence-corrected chi connectivity index (χ1v) is 13.6. The number of benzene rings is 1. The highest BCUT2D eigenvalue weighted by Crippen LogP contribution is 2.30. The van der Waals surface area contributed by atoms with Crippen LogP contribution in [0.5, 0.6) is 0 Å². The van der Waals surface area contributed by atoms with E-state index in [-0.39, 0.29) is 24.7 Å². The zero-order valence-electron chi connectivity index (χ0n) is 17.7. The van der Waals surface area contributed by atoms with Gasteiger partial charge in [0, 0.05) is 17.9 Å². The number of thiophene rings is 1. The summed E-state index contributed by atoms with van der Waals surface area (Å²) in [5.41, 5.74) is 0.359. The number of morpholine rings is 1. The number of carbonyl (C=O) groups excluding carboxylic acids is 3. The van der Waals surface area contributed by atoms with Crippen molar-refractivity contribution < 1.29 is 27.5 Å². The molecule has 176 valence electrons. The largest absolute Gasteiger partial charge is 0.370 e. The Labute approximate surface area is 203 Å². The standard InChI is InChI=1S/C21H22BrN3O6S2/c1-13-10-14(2-3-15(13)25-7-8-31-11-18(25)26)23-20(28)21(6-9-33(29,30)12-21)24-19(27)16-4-5-17(22)32-16/h2-5,10H,6-9,11-12H2,1H3,(H,23,28)(H,24,27). The summed E-state index contributed by atoms with van der Waals surface area (Å²) >= 11 is 4.49. The average Bonchev–Trinajstić information content (AvgIpc) is 3.32. The molecule has 2 aliphatic heterocycles. The minimum Gasteiger partial charge on any atom is -0.370 e. The van der Waals surface area contributed by atoms with E-state index in [0.29, 0.717) is 23.7 Å². The van der Waals surface area contributed by atoms with Crippen molar-refractivity contribution in [2.24, 2.45) is 0 Å². The number of amides is 3. The molecule has 2 fully saturated rings. The van der Waals surface area contributed by atoms with Gasteiger partial charge in [-0.2, -0.15) is 0 Å². The highest BCUT2D eigenvalue weighted by molar-refractivity contribution is 9.11. The number of rotatable bonds is 5. The second-order valence-corrected chi connectivity index (χ2v) is 12.7. The fourth-order valence-corrected chi connectivity index (χ4v) is 7.14. The van der Waals surface area contributed by atoms with Crippen LogP contribution in [0.2, 0.25) is 0 Å². The van der Waals surface area contributed by atoms with E-state index in [2.05, 4.69) is 26.6 Å². The van der Waals surface area contributed by atoms with E-state index in [1.54, 1.807) is 35.2 Å². The van der Waals surface area contributed by atoms with Crippen LogP contribution < -0.4 is 15.5 Å². The van der Waals surface area contributed by atoms with Crippen molar-refractivity contribution in [1.82, 2.24) is 5.32 Å². The third kappa shape index (κ3) is 5.13. The van der Waals surface area contributed by atoms with Crippen molar-refractivity contribution in [2.75, 3.05) is 41.5 Å². The van der Waals surface area contributed by atoms with Gasteiger partial charge in [0.25, 0.3) is 17.7 Å². The number of ether oxygens (including phenoxy) is 1. The average molecular weight is 556 g/mol. The van der Waals surface area contributed by atoms with Crippen LogP contribution in [-0.4, -0.2) is 62.9 Å². The molecule has 4 rings (SSSR count). The molecule has 33 heavy (non-hydrogen) atoms. The fourth-order valence-electron chi connectivity index (χ4n) is 3.96. The lowest BCUT2D eigenvalue weighted by Gasteiger charge is -2.29. The first-order valence-electron chi connectivity index (χ1n) is 10.2. The van der Waals surface area contributed by atoms with E-state index in [1.807, 2.05) is 6.92 Å². The lowest BCUT2D eigenvalue weighted by atomic mass is 9.97. The number of nitrogens with one attached hydrogen (secondary N) is 2. The van der Waals surface area contributed by atoms with E-state index >= 15 is 0 Å². The number of halogens is 1. The van der Waals surface area contributed by atoms with Crippen LogP contribution in [0.15, 0.2) is 34.1 Å². The molecular formula is C21H22BrN3O6S2. The molecule has 9 nitrogen and oxygen atoms in total. The summed E-state index contributed by atoms with van der Waals surface area (Å²) in [6.07, 6.45) is -0.0151. The van der Waals surface area contributed by atoms with Crippen LogP contribution in [-0.2, 0) is 24.2 Å². The van der Waals surface area contributed by atoms with Gasteiger partial charge in [-0.15, -0.1) is 11.3 Å². The molecule has 2 aromatic rings. The molecule has 1 unspecified atom stereocenters. The summed E-state index contributed by atoms with van der Waals surface area (Å²) in [6.45, 7) is 2.73. The van der Waals surface area contributed by atoms with Crippen molar-refractivity contribution in [3.63, 3.8) is 0 Å².